The Hall–Kier alpha value is -3.73. The minimum atomic E-state index is -0.758. The van der Waals surface area contributed by atoms with E-state index < -0.39 is 23.6 Å². The number of methoxy groups -OCH3 is 1. The number of nitrogens with zero attached hydrogens (tertiary/aromatic N) is 2. The summed E-state index contributed by atoms with van der Waals surface area (Å²) in [5.41, 5.74) is 1.11. The second-order valence-electron chi connectivity index (χ2n) is 6.00. The van der Waals surface area contributed by atoms with Crippen LogP contribution in [0, 0.1) is 6.92 Å². The molecule has 11 heteroatoms. The number of aryl methyl sites for hydroxylation is 1. The number of carbonyl (C=O) groups is 3. The van der Waals surface area contributed by atoms with Crippen LogP contribution in [0.1, 0.15) is 25.7 Å². The van der Waals surface area contributed by atoms with E-state index in [2.05, 4.69) is 21.6 Å². The first-order valence-electron chi connectivity index (χ1n) is 8.61. The first kappa shape index (κ1) is 21.0. The third kappa shape index (κ3) is 4.30. The second-order valence-corrected chi connectivity index (χ2v) is 7.00. The van der Waals surface area contributed by atoms with Crippen molar-refractivity contribution >= 4 is 45.4 Å². The largest absolute Gasteiger partial charge is 0.465 e. The van der Waals surface area contributed by atoms with Crippen molar-refractivity contribution in [1.29, 1.82) is 0 Å². The third-order valence-electron chi connectivity index (χ3n) is 3.95. The lowest BCUT2D eigenvalue weighted by atomic mass is 10.2. The Labute approximate surface area is 173 Å². The molecular weight excluding hydrogens is 414 g/mol. The number of thiazole rings is 1. The standard InChI is InChI=1S/C19H17N3O7S/c1-4-7-28-17(25)15-10(2)20-18(30-15)21-14(23)9-22-12-6-5-11(16(24)27-3)8-13(12)29-19(22)26/h4-6,8H,1,7,9H2,2-3H3,(H,20,21,23). The number of hydrogen-bond donors (Lipinski definition) is 1. The summed E-state index contributed by atoms with van der Waals surface area (Å²) in [7, 11) is 1.24. The van der Waals surface area contributed by atoms with Gasteiger partial charge in [-0.15, -0.1) is 0 Å². The van der Waals surface area contributed by atoms with Crippen molar-refractivity contribution in [2.45, 2.75) is 13.5 Å². The van der Waals surface area contributed by atoms with Gasteiger partial charge in [-0.25, -0.2) is 19.4 Å². The van der Waals surface area contributed by atoms with Crippen LogP contribution < -0.4 is 11.1 Å². The molecule has 2 aromatic heterocycles. The molecule has 0 bridgehead atoms. The number of rotatable bonds is 7. The number of aromatic nitrogens is 2. The van der Waals surface area contributed by atoms with Crippen molar-refractivity contribution in [3.8, 4) is 0 Å². The predicted molar refractivity (Wildman–Crippen MR) is 108 cm³/mol. The number of oxazole rings is 1. The van der Waals surface area contributed by atoms with Crippen molar-refractivity contribution in [3.63, 3.8) is 0 Å². The molecule has 2 heterocycles. The van der Waals surface area contributed by atoms with Crippen molar-refractivity contribution in [2.24, 2.45) is 0 Å². The van der Waals surface area contributed by atoms with Crippen molar-refractivity contribution < 1.29 is 28.3 Å². The minimum Gasteiger partial charge on any atom is -0.465 e. The number of hydrogen-bond acceptors (Lipinski definition) is 9. The predicted octanol–water partition coefficient (Wildman–Crippen LogP) is 2.13. The summed E-state index contributed by atoms with van der Waals surface area (Å²) in [5.74, 6) is -2.45. The van der Waals surface area contributed by atoms with Crippen molar-refractivity contribution in [2.75, 3.05) is 19.0 Å². The quantitative estimate of drug-likeness (QED) is 0.445. The molecule has 0 fully saturated rings. The van der Waals surface area contributed by atoms with Gasteiger partial charge in [0.1, 0.15) is 18.0 Å². The Morgan fingerprint density at radius 2 is 2.10 bits per heavy atom. The van der Waals surface area contributed by atoms with Crippen LogP contribution in [0.5, 0.6) is 0 Å². The van der Waals surface area contributed by atoms with Gasteiger partial charge in [-0.3, -0.25) is 9.36 Å². The molecule has 1 amide bonds. The van der Waals surface area contributed by atoms with Gasteiger partial charge in [0.15, 0.2) is 10.7 Å². The minimum absolute atomic E-state index is 0.0615. The molecule has 0 saturated carbocycles. The number of carbonyl (C=O) groups excluding carboxylic acids is 3. The van der Waals surface area contributed by atoms with Crippen LogP contribution in [0.15, 0.2) is 40.1 Å². The Bertz CT molecular complexity index is 1200. The molecular formula is C19H17N3O7S. The fourth-order valence-corrected chi connectivity index (χ4v) is 3.48. The number of ether oxygens (including phenoxy) is 2. The number of esters is 2. The molecule has 3 aromatic rings. The Kier molecular flexibility index (Phi) is 6.11. The Balaban J connectivity index is 1.77. The average molecular weight is 431 g/mol. The van der Waals surface area contributed by atoms with Crippen LogP contribution in [-0.2, 0) is 20.8 Å². The zero-order valence-corrected chi connectivity index (χ0v) is 16.9. The molecule has 0 saturated heterocycles. The summed E-state index contributed by atoms with van der Waals surface area (Å²) in [6.45, 7) is 4.80. The lowest BCUT2D eigenvalue weighted by Crippen LogP contribution is -2.24. The lowest BCUT2D eigenvalue weighted by Gasteiger charge is -2.03. The SMILES string of the molecule is C=CCOC(=O)c1sc(NC(=O)Cn2c(=O)oc3cc(C(=O)OC)ccc32)nc1C. The van der Waals surface area contributed by atoms with Gasteiger partial charge in [0.2, 0.25) is 5.91 Å². The monoisotopic (exact) mass is 431 g/mol. The zero-order valence-electron chi connectivity index (χ0n) is 16.1. The molecule has 1 aromatic carbocycles. The molecule has 3 rings (SSSR count). The van der Waals surface area contributed by atoms with Gasteiger partial charge in [0.05, 0.1) is 23.9 Å². The van der Waals surface area contributed by atoms with Gasteiger partial charge in [-0.05, 0) is 25.1 Å². The molecule has 0 aliphatic heterocycles. The first-order chi connectivity index (χ1) is 14.3. The molecule has 0 aliphatic carbocycles. The number of nitrogens with one attached hydrogen (secondary N) is 1. The summed E-state index contributed by atoms with van der Waals surface area (Å²) in [6, 6.07) is 4.31. The first-order valence-corrected chi connectivity index (χ1v) is 9.42. The average Bonchev–Trinajstić information content (AvgIpc) is 3.24. The highest BCUT2D eigenvalue weighted by molar-refractivity contribution is 7.17. The Morgan fingerprint density at radius 1 is 1.33 bits per heavy atom. The van der Waals surface area contributed by atoms with Crippen LogP contribution in [0.4, 0.5) is 5.13 Å². The van der Waals surface area contributed by atoms with E-state index in [-0.39, 0.29) is 34.3 Å². The molecule has 156 valence electrons. The highest BCUT2D eigenvalue weighted by Gasteiger charge is 2.19. The van der Waals surface area contributed by atoms with Gasteiger partial charge in [0.25, 0.3) is 0 Å². The summed E-state index contributed by atoms with van der Waals surface area (Å²) >= 11 is 0.960. The van der Waals surface area contributed by atoms with E-state index in [1.54, 1.807) is 6.92 Å². The molecule has 0 spiro atoms. The van der Waals surface area contributed by atoms with Crippen molar-refractivity contribution in [3.05, 3.63) is 57.5 Å². The summed E-state index contributed by atoms with van der Waals surface area (Å²) in [4.78, 5) is 52.5. The van der Waals surface area contributed by atoms with Gasteiger partial charge in [-0.1, -0.05) is 24.0 Å². The molecule has 0 atom stereocenters. The van der Waals surface area contributed by atoms with E-state index in [9.17, 15) is 19.2 Å². The highest BCUT2D eigenvalue weighted by atomic mass is 32.1. The van der Waals surface area contributed by atoms with Crippen LogP contribution in [-0.4, -0.2) is 41.1 Å². The fourth-order valence-electron chi connectivity index (χ4n) is 2.60. The number of fused-ring (bicyclic) bond motifs is 1. The summed E-state index contributed by atoms with van der Waals surface area (Å²) < 4.78 is 15.8. The second kappa shape index (κ2) is 8.74. The van der Waals surface area contributed by atoms with E-state index in [0.717, 1.165) is 15.9 Å². The maximum Gasteiger partial charge on any atom is 0.420 e. The van der Waals surface area contributed by atoms with Crippen LogP contribution in [0.3, 0.4) is 0 Å². The highest BCUT2D eigenvalue weighted by Crippen LogP contribution is 2.23. The smallest absolute Gasteiger partial charge is 0.420 e. The van der Waals surface area contributed by atoms with E-state index in [4.69, 9.17) is 9.15 Å². The molecule has 0 radical (unpaired) electrons. The third-order valence-corrected chi connectivity index (χ3v) is 5.00. The molecule has 0 aliphatic rings. The van der Waals surface area contributed by atoms with Crippen LogP contribution >= 0.6 is 11.3 Å². The topological polar surface area (TPSA) is 130 Å². The van der Waals surface area contributed by atoms with Crippen LogP contribution in [0.2, 0.25) is 0 Å². The van der Waals surface area contributed by atoms with E-state index >= 15 is 0 Å². The normalized spacial score (nSPS) is 10.6. The van der Waals surface area contributed by atoms with Gasteiger partial charge >= 0.3 is 17.7 Å². The van der Waals surface area contributed by atoms with E-state index in [1.807, 2.05) is 0 Å². The maximum absolute atomic E-state index is 12.4. The molecule has 10 nitrogen and oxygen atoms in total. The zero-order chi connectivity index (χ0) is 21.8. The van der Waals surface area contributed by atoms with Crippen molar-refractivity contribution in [1.82, 2.24) is 9.55 Å². The van der Waals surface area contributed by atoms with Gasteiger partial charge in [-0.2, -0.15) is 0 Å². The maximum atomic E-state index is 12.4. The lowest BCUT2D eigenvalue weighted by molar-refractivity contribution is -0.116. The van der Waals surface area contributed by atoms with Crippen LogP contribution in [0.25, 0.3) is 11.1 Å². The number of benzene rings is 1. The van der Waals surface area contributed by atoms with Gasteiger partial charge < -0.3 is 19.2 Å². The summed E-state index contributed by atoms with van der Waals surface area (Å²) in [5, 5.41) is 2.74. The van der Waals surface area contributed by atoms with Gasteiger partial charge in [0, 0.05) is 0 Å². The number of amides is 1. The van der Waals surface area contributed by atoms with E-state index in [0.29, 0.717) is 11.2 Å². The summed E-state index contributed by atoms with van der Waals surface area (Å²) in [6.07, 6.45) is 1.44. The number of anilines is 1. The molecule has 30 heavy (non-hydrogen) atoms. The molecule has 0 unspecified atom stereocenters. The van der Waals surface area contributed by atoms with E-state index in [1.165, 1.54) is 31.4 Å². The fraction of sp³-hybridized carbons (Fsp3) is 0.211. The Morgan fingerprint density at radius 3 is 2.80 bits per heavy atom. The molecule has 1 N–H and O–H groups in total.